The average Bonchev–Trinajstić information content (AvgIpc) is 3.79. The summed E-state index contributed by atoms with van der Waals surface area (Å²) in [7, 11) is 0. The topological polar surface area (TPSA) is 0 Å². The second kappa shape index (κ2) is 11.6. The molecule has 2 heterocycles. The maximum Gasteiger partial charge on any atom is 0.0434 e. The zero-order chi connectivity index (χ0) is 35.3. The smallest absolute Gasteiger partial charge is 0.0434 e. The fourth-order valence-corrected chi connectivity index (χ4v) is 11.2. The standard InChI is InChI=1S/C52H30S2/c1-2-10-31(11-3-1)50-39-13-4-6-15-41(39)51(42-16-7-5-14-40(42)50)37-21-20-32-26-33(18-19-34(32)27-37)35-23-25-48-45(28-35)43-24-22-36-29-49-46(30-44(36)52(43)54-48)38-12-8-9-17-47(38)53-49/h1-30H. The van der Waals surface area contributed by atoms with Crippen LogP contribution >= 0.6 is 22.7 Å². The van der Waals surface area contributed by atoms with Crippen LogP contribution in [-0.2, 0) is 0 Å². The number of thiophene rings is 2. The highest BCUT2D eigenvalue weighted by atomic mass is 32.1. The number of fused-ring (bicyclic) bond motifs is 11. The number of hydrogen-bond acceptors (Lipinski definition) is 2. The van der Waals surface area contributed by atoms with Crippen LogP contribution in [0.15, 0.2) is 182 Å². The largest absolute Gasteiger partial charge is 0.135 e. The molecule has 12 rings (SSSR count). The monoisotopic (exact) mass is 718 g/mol. The molecule has 0 atom stereocenters. The Labute approximate surface area is 319 Å². The van der Waals surface area contributed by atoms with Gasteiger partial charge in [-0.15, -0.1) is 22.7 Å². The minimum atomic E-state index is 1.24. The maximum absolute atomic E-state index is 2.43. The van der Waals surface area contributed by atoms with Gasteiger partial charge in [0.05, 0.1) is 0 Å². The van der Waals surface area contributed by atoms with Crippen molar-refractivity contribution in [1.82, 2.24) is 0 Å². The van der Waals surface area contributed by atoms with E-state index in [2.05, 4.69) is 182 Å². The molecule has 0 aliphatic carbocycles. The van der Waals surface area contributed by atoms with Crippen LogP contribution in [0.2, 0.25) is 0 Å². The van der Waals surface area contributed by atoms with Crippen LogP contribution in [0.1, 0.15) is 0 Å². The van der Waals surface area contributed by atoms with Crippen molar-refractivity contribution in [1.29, 1.82) is 0 Å². The van der Waals surface area contributed by atoms with E-state index in [0.717, 1.165) is 0 Å². The summed E-state index contributed by atoms with van der Waals surface area (Å²) in [4.78, 5) is 0. The van der Waals surface area contributed by atoms with Crippen LogP contribution in [0.25, 0.3) is 117 Å². The van der Waals surface area contributed by atoms with Crippen molar-refractivity contribution >= 4 is 106 Å². The van der Waals surface area contributed by atoms with Gasteiger partial charge in [0.15, 0.2) is 0 Å². The molecule has 12 aromatic rings. The minimum Gasteiger partial charge on any atom is -0.135 e. The summed E-state index contributed by atoms with van der Waals surface area (Å²) in [5, 5.41) is 15.7. The van der Waals surface area contributed by atoms with Gasteiger partial charge >= 0.3 is 0 Å². The Morgan fingerprint density at radius 2 is 0.778 bits per heavy atom. The van der Waals surface area contributed by atoms with E-state index in [9.17, 15) is 0 Å². The van der Waals surface area contributed by atoms with Gasteiger partial charge in [0, 0.05) is 45.7 Å². The predicted octanol–water partition coefficient (Wildman–Crippen LogP) is 16.0. The van der Waals surface area contributed by atoms with Crippen molar-refractivity contribution < 1.29 is 0 Å². The van der Waals surface area contributed by atoms with Gasteiger partial charge in [-0.05, 0) is 114 Å². The first-order chi connectivity index (χ1) is 26.7. The highest BCUT2D eigenvalue weighted by Gasteiger charge is 2.17. The van der Waals surface area contributed by atoms with Gasteiger partial charge in [-0.25, -0.2) is 0 Å². The summed E-state index contributed by atoms with van der Waals surface area (Å²) in [5.74, 6) is 0. The quantitative estimate of drug-likeness (QED) is 0.160. The van der Waals surface area contributed by atoms with Gasteiger partial charge in [-0.3, -0.25) is 0 Å². The first-order valence-corrected chi connectivity index (χ1v) is 20.1. The molecule has 2 heteroatoms. The van der Waals surface area contributed by atoms with Crippen LogP contribution in [0.5, 0.6) is 0 Å². The van der Waals surface area contributed by atoms with Gasteiger partial charge < -0.3 is 0 Å². The van der Waals surface area contributed by atoms with E-state index in [1.54, 1.807) is 0 Å². The zero-order valence-electron chi connectivity index (χ0n) is 29.1. The lowest BCUT2D eigenvalue weighted by Crippen LogP contribution is -1.90. The molecule has 0 aliphatic heterocycles. The average molecular weight is 719 g/mol. The molecule has 0 spiro atoms. The van der Waals surface area contributed by atoms with Crippen LogP contribution in [-0.4, -0.2) is 0 Å². The summed E-state index contributed by atoms with van der Waals surface area (Å²) in [5.41, 5.74) is 7.58. The lowest BCUT2D eigenvalue weighted by molar-refractivity contribution is 1.66. The first kappa shape index (κ1) is 30.2. The molecular formula is C52H30S2. The fraction of sp³-hybridized carbons (Fsp3) is 0. The van der Waals surface area contributed by atoms with Crippen molar-refractivity contribution in [3.05, 3.63) is 182 Å². The van der Waals surface area contributed by atoms with Crippen LogP contribution in [0, 0.1) is 0 Å². The third-order valence-electron chi connectivity index (χ3n) is 11.4. The van der Waals surface area contributed by atoms with Crippen LogP contribution in [0.3, 0.4) is 0 Å². The second-order valence-electron chi connectivity index (χ2n) is 14.4. The van der Waals surface area contributed by atoms with E-state index in [0.29, 0.717) is 0 Å². The Kier molecular flexibility index (Phi) is 6.48. The Balaban J connectivity index is 0.979. The van der Waals surface area contributed by atoms with Gasteiger partial charge in [0.2, 0.25) is 0 Å². The van der Waals surface area contributed by atoms with E-state index >= 15 is 0 Å². The number of hydrogen-bond donors (Lipinski definition) is 0. The highest BCUT2D eigenvalue weighted by molar-refractivity contribution is 7.27. The normalized spacial score (nSPS) is 12.1. The Morgan fingerprint density at radius 3 is 1.52 bits per heavy atom. The van der Waals surface area contributed by atoms with Crippen molar-refractivity contribution in [2.24, 2.45) is 0 Å². The van der Waals surface area contributed by atoms with E-state index in [-0.39, 0.29) is 0 Å². The van der Waals surface area contributed by atoms with Gasteiger partial charge in [0.25, 0.3) is 0 Å². The van der Waals surface area contributed by atoms with Gasteiger partial charge in [0.1, 0.15) is 0 Å². The summed E-state index contributed by atoms with van der Waals surface area (Å²) in [6.07, 6.45) is 0. The number of rotatable bonds is 3. The molecule has 0 nitrogen and oxygen atoms in total. The molecule has 0 N–H and O–H groups in total. The molecule has 2 aromatic heterocycles. The van der Waals surface area contributed by atoms with Crippen molar-refractivity contribution in [2.75, 3.05) is 0 Å². The van der Waals surface area contributed by atoms with Crippen LogP contribution < -0.4 is 0 Å². The van der Waals surface area contributed by atoms with E-state index in [4.69, 9.17) is 0 Å². The molecule has 0 fully saturated rings. The van der Waals surface area contributed by atoms with E-state index in [1.807, 2.05) is 22.7 Å². The van der Waals surface area contributed by atoms with E-state index < -0.39 is 0 Å². The molecule has 0 saturated heterocycles. The summed E-state index contributed by atoms with van der Waals surface area (Å²) in [6, 6.07) is 67.9. The van der Waals surface area contributed by atoms with Crippen molar-refractivity contribution in [3.63, 3.8) is 0 Å². The lowest BCUT2D eigenvalue weighted by Gasteiger charge is -2.18. The molecule has 250 valence electrons. The van der Waals surface area contributed by atoms with Crippen LogP contribution in [0.4, 0.5) is 0 Å². The SMILES string of the molecule is c1ccc(-c2c3ccccc3c(-c3ccc4cc(-c5ccc6sc7c8cc9c(cc8ccc7c6c5)sc5ccccc59)ccc4c3)c3ccccc23)cc1. The molecule has 0 saturated carbocycles. The maximum atomic E-state index is 2.43. The van der Waals surface area contributed by atoms with Gasteiger partial charge in [-0.2, -0.15) is 0 Å². The lowest BCUT2D eigenvalue weighted by atomic mass is 9.85. The van der Waals surface area contributed by atoms with Gasteiger partial charge in [-0.1, -0.05) is 140 Å². The minimum absolute atomic E-state index is 1.24. The zero-order valence-corrected chi connectivity index (χ0v) is 30.8. The molecular weight excluding hydrogens is 689 g/mol. The predicted molar refractivity (Wildman–Crippen MR) is 239 cm³/mol. The number of benzene rings is 10. The third-order valence-corrected chi connectivity index (χ3v) is 13.8. The summed E-state index contributed by atoms with van der Waals surface area (Å²) in [6.45, 7) is 0. The summed E-state index contributed by atoms with van der Waals surface area (Å²) < 4.78 is 5.42. The third kappa shape index (κ3) is 4.48. The molecule has 0 unspecified atom stereocenters. The molecule has 0 bridgehead atoms. The Bertz CT molecular complexity index is 3430. The fourth-order valence-electron chi connectivity index (χ4n) is 8.89. The molecule has 10 aromatic carbocycles. The first-order valence-electron chi connectivity index (χ1n) is 18.5. The molecule has 54 heavy (non-hydrogen) atoms. The molecule has 0 radical (unpaired) electrons. The Morgan fingerprint density at radius 1 is 0.241 bits per heavy atom. The molecule has 0 aliphatic rings. The van der Waals surface area contributed by atoms with Crippen molar-refractivity contribution in [2.45, 2.75) is 0 Å². The highest BCUT2D eigenvalue weighted by Crippen LogP contribution is 2.46. The summed E-state index contributed by atoms with van der Waals surface area (Å²) >= 11 is 3.81. The Hall–Kier alpha value is -6.32. The molecule has 0 amide bonds. The van der Waals surface area contributed by atoms with Crippen molar-refractivity contribution in [3.8, 4) is 33.4 Å². The van der Waals surface area contributed by atoms with E-state index in [1.165, 1.54) is 117 Å². The second-order valence-corrected chi connectivity index (χ2v) is 16.5.